The van der Waals surface area contributed by atoms with Gasteiger partial charge < -0.3 is 4.90 Å². The minimum Gasteiger partial charge on any atom is -0.338 e. The smallest absolute Gasteiger partial charge is 0.246 e. The van der Waals surface area contributed by atoms with E-state index in [1.807, 2.05) is 47.5 Å². The number of benzene rings is 1. The zero-order chi connectivity index (χ0) is 15.4. The molecule has 1 aromatic heterocycles. The topological polar surface area (TPSA) is 49.0 Å². The third kappa shape index (κ3) is 3.27. The van der Waals surface area contributed by atoms with E-state index in [4.69, 9.17) is 0 Å². The lowest BCUT2D eigenvalue weighted by Gasteiger charge is -2.32. The molecular weight excluding hydrogens is 274 g/mol. The minimum atomic E-state index is 0.0886. The molecule has 0 spiro atoms. The summed E-state index contributed by atoms with van der Waals surface area (Å²) in [4.78, 5) is 14.3. The predicted octanol–water partition coefficient (Wildman–Crippen LogP) is 3.14. The van der Waals surface area contributed by atoms with Gasteiger partial charge in [0.15, 0.2) is 0 Å². The fourth-order valence-electron chi connectivity index (χ4n) is 3.02. The van der Waals surface area contributed by atoms with Crippen LogP contribution in [-0.2, 0) is 4.79 Å². The predicted molar refractivity (Wildman–Crippen MR) is 87.4 cm³/mol. The summed E-state index contributed by atoms with van der Waals surface area (Å²) < 4.78 is 0. The van der Waals surface area contributed by atoms with E-state index < -0.39 is 0 Å². The first-order chi connectivity index (χ1) is 10.7. The Morgan fingerprint density at radius 2 is 2.18 bits per heavy atom. The number of H-pyrrole nitrogens is 1. The van der Waals surface area contributed by atoms with Gasteiger partial charge in [0, 0.05) is 30.8 Å². The number of nitrogens with zero attached hydrogens (tertiary/aromatic N) is 2. The SMILES string of the molecule is Cc1cn[nH]c1[C@@H]1CCCN(C(=O)/C=C/c2ccccc2)C1. The van der Waals surface area contributed by atoms with E-state index in [1.165, 1.54) is 11.3 Å². The molecule has 2 aromatic rings. The summed E-state index contributed by atoms with van der Waals surface area (Å²) in [5.41, 5.74) is 3.40. The molecular formula is C18H21N3O. The number of carbonyl (C=O) groups excluding carboxylic acids is 1. The summed E-state index contributed by atoms with van der Waals surface area (Å²) in [6.07, 6.45) is 7.56. The van der Waals surface area contributed by atoms with Crippen molar-refractivity contribution in [3.05, 3.63) is 59.4 Å². The van der Waals surface area contributed by atoms with Gasteiger partial charge in [0.2, 0.25) is 5.91 Å². The van der Waals surface area contributed by atoms with Crippen LogP contribution in [0, 0.1) is 6.92 Å². The van der Waals surface area contributed by atoms with Crippen LogP contribution in [0.2, 0.25) is 0 Å². The number of rotatable bonds is 3. The summed E-state index contributed by atoms with van der Waals surface area (Å²) in [6, 6.07) is 9.92. The Bertz CT molecular complexity index is 660. The quantitative estimate of drug-likeness (QED) is 0.884. The Morgan fingerprint density at radius 3 is 2.91 bits per heavy atom. The lowest BCUT2D eigenvalue weighted by molar-refractivity contribution is -0.127. The van der Waals surface area contributed by atoms with Gasteiger partial charge in [-0.2, -0.15) is 5.10 Å². The Balaban J connectivity index is 1.66. The van der Waals surface area contributed by atoms with Crippen LogP contribution < -0.4 is 0 Å². The largest absolute Gasteiger partial charge is 0.338 e. The van der Waals surface area contributed by atoms with Crippen molar-refractivity contribution in [2.45, 2.75) is 25.7 Å². The molecule has 2 heterocycles. The van der Waals surface area contributed by atoms with Crippen molar-refractivity contribution in [3.8, 4) is 0 Å². The van der Waals surface area contributed by atoms with Gasteiger partial charge in [-0.05, 0) is 37.0 Å². The average molecular weight is 295 g/mol. The summed E-state index contributed by atoms with van der Waals surface area (Å²) in [5.74, 6) is 0.455. The number of aromatic amines is 1. The highest BCUT2D eigenvalue weighted by molar-refractivity contribution is 5.91. The highest BCUT2D eigenvalue weighted by atomic mass is 16.2. The molecule has 0 bridgehead atoms. The number of piperidine rings is 1. The minimum absolute atomic E-state index is 0.0886. The number of aromatic nitrogens is 2. The Morgan fingerprint density at radius 1 is 1.36 bits per heavy atom. The molecule has 1 atom stereocenters. The maximum Gasteiger partial charge on any atom is 0.246 e. The highest BCUT2D eigenvalue weighted by Crippen LogP contribution is 2.27. The number of hydrogen-bond donors (Lipinski definition) is 1. The van der Waals surface area contributed by atoms with Crippen molar-refractivity contribution in [3.63, 3.8) is 0 Å². The van der Waals surface area contributed by atoms with Gasteiger partial charge in [0.1, 0.15) is 0 Å². The maximum atomic E-state index is 12.4. The standard InChI is InChI=1S/C18H21N3O/c1-14-12-19-20-18(14)16-8-5-11-21(13-16)17(22)10-9-15-6-3-2-4-7-15/h2-4,6-7,9-10,12,16H,5,8,11,13H2,1H3,(H,19,20)/b10-9+/t16-/m1/s1. The number of hydrogen-bond acceptors (Lipinski definition) is 2. The first-order valence-electron chi connectivity index (χ1n) is 7.76. The number of carbonyl (C=O) groups is 1. The molecule has 0 saturated carbocycles. The summed E-state index contributed by atoms with van der Waals surface area (Å²) in [5, 5.41) is 7.19. The number of amides is 1. The van der Waals surface area contributed by atoms with Crippen molar-refractivity contribution >= 4 is 12.0 Å². The Hall–Kier alpha value is -2.36. The van der Waals surface area contributed by atoms with Gasteiger partial charge in [-0.1, -0.05) is 30.3 Å². The molecule has 1 aliphatic heterocycles. The summed E-state index contributed by atoms with van der Waals surface area (Å²) >= 11 is 0. The normalized spacial score (nSPS) is 18.8. The second kappa shape index (κ2) is 6.60. The lowest BCUT2D eigenvalue weighted by atomic mass is 9.93. The van der Waals surface area contributed by atoms with Crippen molar-refractivity contribution in [1.82, 2.24) is 15.1 Å². The fourth-order valence-corrected chi connectivity index (χ4v) is 3.02. The van der Waals surface area contributed by atoms with Gasteiger partial charge >= 0.3 is 0 Å². The van der Waals surface area contributed by atoms with Gasteiger partial charge in [0.25, 0.3) is 0 Å². The molecule has 0 unspecified atom stereocenters. The van der Waals surface area contributed by atoms with E-state index in [9.17, 15) is 4.79 Å². The fraction of sp³-hybridized carbons (Fsp3) is 0.333. The van der Waals surface area contributed by atoms with Crippen LogP contribution in [0.1, 0.15) is 35.6 Å². The molecule has 4 heteroatoms. The number of likely N-dealkylation sites (tertiary alicyclic amines) is 1. The van der Waals surface area contributed by atoms with Crippen molar-refractivity contribution < 1.29 is 4.79 Å². The van der Waals surface area contributed by atoms with Crippen LogP contribution in [0.25, 0.3) is 6.08 Å². The molecule has 114 valence electrons. The van der Waals surface area contributed by atoms with E-state index in [2.05, 4.69) is 17.1 Å². The average Bonchev–Trinajstić information content (AvgIpc) is 3.00. The summed E-state index contributed by atoms with van der Waals surface area (Å²) in [7, 11) is 0. The first kappa shape index (κ1) is 14.6. The van der Waals surface area contributed by atoms with Gasteiger partial charge in [-0.15, -0.1) is 0 Å². The van der Waals surface area contributed by atoms with Crippen LogP contribution >= 0.6 is 0 Å². The van der Waals surface area contributed by atoms with E-state index in [-0.39, 0.29) is 5.91 Å². The molecule has 4 nitrogen and oxygen atoms in total. The molecule has 3 rings (SSSR count). The molecule has 1 saturated heterocycles. The van der Waals surface area contributed by atoms with E-state index in [0.717, 1.165) is 31.5 Å². The molecule has 1 aromatic carbocycles. The van der Waals surface area contributed by atoms with Crippen LogP contribution in [0.5, 0.6) is 0 Å². The molecule has 1 fully saturated rings. The zero-order valence-electron chi connectivity index (χ0n) is 12.8. The third-order valence-electron chi connectivity index (χ3n) is 4.23. The first-order valence-corrected chi connectivity index (χ1v) is 7.76. The second-order valence-electron chi connectivity index (χ2n) is 5.83. The molecule has 1 N–H and O–H groups in total. The van der Waals surface area contributed by atoms with Gasteiger partial charge in [0.05, 0.1) is 6.20 Å². The van der Waals surface area contributed by atoms with Crippen LogP contribution in [0.15, 0.2) is 42.6 Å². The van der Waals surface area contributed by atoms with E-state index in [1.54, 1.807) is 6.08 Å². The zero-order valence-corrected chi connectivity index (χ0v) is 12.8. The van der Waals surface area contributed by atoms with Crippen molar-refractivity contribution in [2.24, 2.45) is 0 Å². The van der Waals surface area contributed by atoms with Crippen LogP contribution in [0.4, 0.5) is 0 Å². The second-order valence-corrected chi connectivity index (χ2v) is 5.83. The Kier molecular flexibility index (Phi) is 4.37. The third-order valence-corrected chi connectivity index (χ3v) is 4.23. The van der Waals surface area contributed by atoms with Crippen molar-refractivity contribution in [1.29, 1.82) is 0 Å². The van der Waals surface area contributed by atoms with Crippen LogP contribution in [0.3, 0.4) is 0 Å². The Labute approximate surface area is 130 Å². The van der Waals surface area contributed by atoms with Gasteiger partial charge in [-0.3, -0.25) is 9.89 Å². The van der Waals surface area contributed by atoms with Gasteiger partial charge in [-0.25, -0.2) is 0 Å². The number of nitrogens with one attached hydrogen (secondary N) is 1. The highest BCUT2D eigenvalue weighted by Gasteiger charge is 2.25. The maximum absolute atomic E-state index is 12.4. The van der Waals surface area contributed by atoms with Crippen LogP contribution in [-0.4, -0.2) is 34.1 Å². The molecule has 1 aliphatic rings. The molecule has 22 heavy (non-hydrogen) atoms. The lowest BCUT2D eigenvalue weighted by Crippen LogP contribution is -2.38. The van der Waals surface area contributed by atoms with E-state index in [0.29, 0.717) is 5.92 Å². The van der Waals surface area contributed by atoms with Crippen molar-refractivity contribution in [2.75, 3.05) is 13.1 Å². The monoisotopic (exact) mass is 295 g/mol. The number of aryl methyl sites for hydroxylation is 1. The van der Waals surface area contributed by atoms with E-state index >= 15 is 0 Å². The molecule has 0 radical (unpaired) electrons. The molecule has 0 aliphatic carbocycles. The summed E-state index contributed by atoms with van der Waals surface area (Å²) in [6.45, 7) is 3.66. The molecule has 1 amide bonds.